The Balaban J connectivity index is 3.10. The van der Waals surface area contributed by atoms with E-state index in [2.05, 4.69) is 6.92 Å². The Morgan fingerprint density at radius 3 is 2.50 bits per heavy atom. The van der Waals surface area contributed by atoms with E-state index in [1.807, 2.05) is 0 Å². The van der Waals surface area contributed by atoms with Gasteiger partial charge in [0.1, 0.15) is 0 Å². The van der Waals surface area contributed by atoms with Crippen LogP contribution in [0.15, 0.2) is 0 Å². The van der Waals surface area contributed by atoms with Gasteiger partial charge < -0.3 is 9.84 Å². The molecule has 0 fully saturated rings. The standard InChI is InChI=1S/C11H22O3/c1-2-3-4-5-6-8-11(13)14-10-7-9-12/h12H,2-10H2,1H3. The molecule has 0 bridgehead atoms. The zero-order valence-electron chi connectivity index (χ0n) is 9.13. The highest BCUT2D eigenvalue weighted by Gasteiger charge is 2.01. The summed E-state index contributed by atoms with van der Waals surface area (Å²) < 4.78 is 4.89. The van der Waals surface area contributed by atoms with Gasteiger partial charge in [0.15, 0.2) is 0 Å². The largest absolute Gasteiger partial charge is 0.466 e. The summed E-state index contributed by atoms with van der Waals surface area (Å²) in [7, 11) is 0. The molecule has 0 saturated heterocycles. The first-order valence-corrected chi connectivity index (χ1v) is 5.57. The quantitative estimate of drug-likeness (QED) is 0.461. The molecule has 0 amide bonds. The fourth-order valence-corrected chi connectivity index (χ4v) is 1.20. The van der Waals surface area contributed by atoms with Crippen LogP contribution in [0.2, 0.25) is 0 Å². The van der Waals surface area contributed by atoms with Crippen LogP contribution < -0.4 is 0 Å². The minimum Gasteiger partial charge on any atom is -0.466 e. The van der Waals surface area contributed by atoms with Crippen molar-refractivity contribution in [1.82, 2.24) is 0 Å². The second-order valence-electron chi connectivity index (χ2n) is 3.46. The molecule has 0 aliphatic rings. The van der Waals surface area contributed by atoms with Crippen molar-refractivity contribution in [2.24, 2.45) is 0 Å². The van der Waals surface area contributed by atoms with Gasteiger partial charge in [-0.1, -0.05) is 32.6 Å². The average Bonchev–Trinajstić information content (AvgIpc) is 2.18. The Morgan fingerprint density at radius 1 is 1.14 bits per heavy atom. The van der Waals surface area contributed by atoms with Gasteiger partial charge in [-0.3, -0.25) is 4.79 Å². The summed E-state index contributed by atoms with van der Waals surface area (Å²) >= 11 is 0. The van der Waals surface area contributed by atoms with E-state index < -0.39 is 0 Å². The van der Waals surface area contributed by atoms with Crippen molar-refractivity contribution in [3.8, 4) is 0 Å². The van der Waals surface area contributed by atoms with E-state index in [1.165, 1.54) is 19.3 Å². The van der Waals surface area contributed by atoms with Gasteiger partial charge in [0, 0.05) is 19.4 Å². The number of esters is 1. The molecule has 1 N–H and O–H groups in total. The van der Waals surface area contributed by atoms with E-state index in [0.29, 0.717) is 19.4 Å². The van der Waals surface area contributed by atoms with Crippen molar-refractivity contribution in [2.75, 3.05) is 13.2 Å². The van der Waals surface area contributed by atoms with E-state index in [-0.39, 0.29) is 12.6 Å². The number of carbonyl (C=O) groups is 1. The molecule has 0 rings (SSSR count). The lowest BCUT2D eigenvalue weighted by atomic mass is 10.1. The summed E-state index contributed by atoms with van der Waals surface area (Å²) in [5.41, 5.74) is 0. The Labute approximate surface area is 86.5 Å². The van der Waals surface area contributed by atoms with Gasteiger partial charge >= 0.3 is 5.97 Å². The van der Waals surface area contributed by atoms with Crippen molar-refractivity contribution in [3.63, 3.8) is 0 Å². The first kappa shape index (κ1) is 13.4. The minimum atomic E-state index is -0.130. The lowest BCUT2D eigenvalue weighted by molar-refractivity contribution is -0.144. The highest BCUT2D eigenvalue weighted by atomic mass is 16.5. The number of carbonyl (C=O) groups excluding carboxylic acids is 1. The highest BCUT2D eigenvalue weighted by molar-refractivity contribution is 5.69. The third kappa shape index (κ3) is 9.52. The van der Waals surface area contributed by atoms with E-state index in [0.717, 1.165) is 12.8 Å². The van der Waals surface area contributed by atoms with Crippen LogP contribution in [0.3, 0.4) is 0 Å². The number of unbranched alkanes of at least 4 members (excludes halogenated alkanes) is 4. The SMILES string of the molecule is CCCCCCCC(=O)OCCCO. The maximum absolute atomic E-state index is 11.0. The molecule has 3 heteroatoms. The predicted molar refractivity (Wildman–Crippen MR) is 56.0 cm³/mol. The molecule has 14 heavy (non-hydrogen) atoms. The molecule has 0 aliphatic heterocycles. The van der Waals surface area contributed by atoms with E-state index in [1.54, 1.807) is 0 Å². The molecule has 0 saturated carbocycles. The number of ether oxygens (including phenoxy) is 1. The first-order valence-electron chi connectivity index (χ1n) is 5.57. The predicted octanol–water partition coefficient (Wildman–Crippen LogP) is 2.27. The zero-order chi connectivity index (χ0) is 10.6. The van der Waals surface area contributed by atoms with Gasteiger partial charge in [0.25, 0.3) is 0 Å². The Hall–Kier alpha value is -0.570. The number of aliphatic hydroxyl groups is 1. The van der Waals surface area contributed by atoms with Gasteiger partial charge in [-0.2, -0.15) is 0 Å². The fraction of sp³-hybridized carbons (Fsp3) is 0.909. The molecule has 0 unspecified atom stereocenters. The zero-order valence-corrected chi connectivity index (χ0v) is 9.13. The van der Waals surface area contributed by atoms with Crippen LogP contribution in [0, 0.1) is 0 Å². The molecule has 0 atom stereocenters. The summed E-state index contributed by atoms with van der Waals surface area (Å²) in [4.78, 5) is 11.0. The molecule has 0 aromatic heterocycles. The topological polar surface area (TPSA) is 46.5 Å². The molecular formula is C11H22O3. The van der Waals surface area contributed by atoms with Crippen LogP contribution in [0.1, 0.15) is 51.9 Å². The summed E-state index contributed by atoms with van der Waals surface area (Å²) in [6.45, 7) is 2.61. The number of hydrogen-bond donors (Lipinski definition) is 1. The summed E-state index contributed by atoms with van der Waals surface area (Å²) in [5, 5.41) is 8.46. The van der Waals surface area contributed by atoms with Gasteiger partial charge in [-0.15, -0.1) is 0 Å². The summed E-state index contributed by atoms with van der Waals surface area (Å²) in [5.74, 6) is -0.130. The lowest BCUT2D eigenvalue weighted by Gasteiger charge is -2.03. The minimum absolute atomic E-state index is 0.0871. The summed E-state index contributed by atoms with van der Waals surface area (Å²) in [6.07, 6.45) is 6.79. The molecule has 0 spiro atoms. The fourth-order valence-electron chi connectivity index (χ4n) is 1.20. The third-order valence-corrected chi connectivity index (χ3v) is 2.05. The van der Waals surface area contributed by atoms with E-state index in [9.17, 15) is 4.79 Å². The smallest absolute Gasteiger partial charge is 0.305 e. The van der Waals surface area contributed by atoms with Gasteiger partial charge in [-0.25, -0.2) is 0 Å². The van der Waals surface area contributed by atoms with Gasteiger partial charge in [-0.05, 0) is 6.42 Å². The maximum atomic E-state index is 11.0. The Kier molecular flexibility index (Phi) is 10.1. The average molecular weight is 202 g/mol. The maximum Gasteiger partial charge on any atom is 0.305 e. The Morgan fingerprint density at radius 2 is 1.86 bits per heavy atom. The van der Waals surface area contributed by atoms with Gasteiger partial charge in [0.05, 0.1) is 6.61 Å². The van der Waals surface area contributed by atoms with Crippen LogP contribution in [-0.4, -0.2) is 24.3 Å². The van der Waals surface area contributed by atoms with Crippen LogP contribution in [0.25, 0.3) is 0 Å². The monoisotopic (exact) mass is 202 g/mol. The lowest BCUT2D eigenvalue weighted by Crippen LogP contribution is -2.06. The van der Waals surface area contributed by atoms with Crippen molar-refractivity contribution < 1.29 is 14.6 Å². The van der Waals surface area contributed by atoms with Crippen LogP contribution in [0.5, 0.6) is 0 Å². The van der Waals surface area contributed by atoms with Crippen LogP contribution in [0.4, 0.5) is 0 Å². The van der Waals surface area contributed by atoms with Crippen molar-refractivity contribution >= 4 is 5.97 Å². The molecule has 84 valence electrons. The molecule has 0 heterocycles. The third-order valence-electron chi connectivity index (χ3n) is 2.05. The molecule has 0 aromatic rings. The molecule has 0 radical (unpaired) electrons. The normalized spacial score (nSPS) is 10.1. The molecule has 3 nitrogen and oxygen atoms in total. The van der Waals surface area contributed by atoms with Crippen LogP contribution >= 0.6 is 0 Å². The number of aliphatic hydroxyl groups excluding tert-OH is 1. The number of hydrogen-bond acceptors (Lipinski definition) is 3. The van der Waals surface area contributed by atoms with Crippen molar-refractivity contribution in [1.29, 1.82) is 0 Å². The molecule has 0 aliphatic carbocycles. The second kappa shape index (κ2) is 10.5. The Bertz CT molecular complexity index is 134. The number of rotatable bonds is 9. The highest BCUT2D eigenvalue weighted by Crippen LogP contribution is 2.05. The van der Waals surface area contributed by atoms with Crippen molar-refractivity contribution in [2.45, 2.75) is 51.9 Å². The van der Waals surface area contributed by atoms with E-state index in [4.69, 9.17) is 9.84 Å². The summed E-state index contributed by atoms with van der Waals surface area (Å²) in [6, 6.07) is 0. The van der Waals surface area contributed by atoms with Crippen LogP contribution in [-0.2, 0) is 9.53 Å². The van der Waals surface area contributed by atoms with Gasteiger partial charge in [0.2, 0.25) is 0 Å². The van der Waals surface area contributed by atoms with Crippen molar-refractivity contribution in [3.05, 3.63) is 0 Å². The molecular weight excluding hydrogens is 180 g/mol. The van der Waals surface area contributed by atoms with E-state index >= 15 is 0 Å². The second-order valence-corrected chi connectivity index (χ2v) is 3.46. The molecule has 0 aromatic carbocycles. The first-order chi connectivity index (χ1) is 6.81.